The minimum atomic E-state index is -0.204. The third-order valence-corrected chi connectivity index (χ3v) is 6.53. The largest absolute Gasteiger partial charge is 0.325 e. The number of nitrogens with one attached hydrogen (secondary N) is 1. The van der Waals surface area contributed by atoms with Gasteiger partial charge >= 0.3 is 0 Å². The molecule has 0 aliphatic rings. The van der Waals surface area contributed by atoms with Gasteiger partial charge in [0, 0.05) is 15.5 Å². The van der Waals surface area contributed by atoms with E-state index >= 15 is 0 Å². The number of rotatable bonds is 6. The van der Waals surface area contributed by atoms with E-state index < -0.39 is 0 Å². The molecular formula is C21H22BrN3OS. The van der Waals surface area contributed by atoms with Crippen molar-refractivity contribution in [2.75, 3.05) is 5.32 Å². The van der Waals surface area contributed by atoms with Gasteiger partial charge in [0.05, 0.1) is 28.3 Å². The number of carbonyl (C=O) groups is 1. The standard InChI is InChI=1S/C21H22BrN3OS/c1-14(13-25-16(3)20(22)15(2)24-25)21(26)23-18-11-7-8-12-19(18)27-17-9-5-4-6-10-17/h4-12,14H,13H2,1-3H3,(H,23,26)/t14-/m0/s1. The first-order chi connectivity index (χ1) is 13.0. The van der Waals surface area contributed by atoms with Crippen molar-refractivity contribution in [2.45, 2.75) is 37.1 Å². The summed E-state index contributed by atoms with van der Waals surface area (Å²) >= 11 is 5.18. The molecule has 0 aliphatic heterocycles. The lowest BCUT2D eigenvalue weighted by Gasteiger charge is -2.15. The van der Waals surface area contributed by atoms with Crippen LogP contribution in [0.1, 0.15) is 18.3 Å². The van der Waals surface area contributed by atoms with Crippen LogP contribution in [0.15, 0.2) is 68.9 Å². The van der Waals surface area contributed by atoms with Gasteiger partial charge in [0.1, 0.15) is 0 Å². The second-order valence-corrected chi connectivity index (χ2v) is 8.38. The summed E-state index contributed by atoms with van der Waals surface area (Å²) in [5.41, 5.74) is 2.80. The molecule has 1 amide bonds. The Labute approximate surface area is 172 Å². The Bertz CT molecular complexity index is 940. The summed E-state index contributed by atoms with van der Waals surface area (Å²) in [7, 11) is 0. The van der Waals surface area contributed by atoms with Gasteiger partial charge in [0.2, 0.25) is 5.91 Å². The topological polar surface area (TPSA) is 46.9 Å². The fraction of sp³-hybridized carbons (Fsp3) is 0.238. The van der Waals surface area contributed by atoms with Gasteiger partial charge in [0.15, 0.2) is 0 Å². The number of amides is 1. The number of anilines is 1. The zero-order valence-corrected chi connectivity index (χ0v) is 18.0. The quantitative estimate of drug-likeness (QED) is 0.532. The van der Waals surface area contributed by atoms with Crippen molar-refractivity contribution in [1.29, 1.82) is 0 Å². The van der Waals surface area contributed by atoms with Gasteiger partial charge in [-0.1, -0.05) is 49.0 Å². The van der Waals surface area contributed by atoms with Crippen molar-refractivity contribution in [3.63, 3.8) is 0 Å². The first kappa shape index (κ1) is 19.7. The monoisotopic (exact) mass is 443 g/mol. The van der Waals surface area contributed by atoms with E-state index in [4.69, 9.17) is 0 Å². The second-order valence-electron chi connectivity index (χ2n) is 6.47. The number of carbonyl (C=O) groups excluding carboxylic acids is 1. The van der Waals surface area contributed by atoms with Crippen LogP contribution in [0.3, 0.4) is 0 Å². The molecule has 2 aromatic carbocycles. The highest BCUT2D eigenvalue weighted by Crippen LogP contribution is 2.33. The molecule has 3 aromatic rings. The Balaban J connectivity index is 1.71. The van der Waals surface area contributed by atoms with Gasteiger partial charge in [-0.05, 0) is 54.0 Å². The van der Waals surface area contributed by atoms with Crippen molar-refractivity contribution >= 4 is 39.3 Å². The molecule has 3 rings (SSSR count). The molecule has 27 heavy (non-hydrogen) atoms. The molecule has 0 radical (unpaired) electrons. The van der Waals surface area contributed by atoms with Crippen LogP contribution in [-0.4, -0.2) is 15.7 Å². The predicted molar refractivity (Wildman–Crippen MR) is 114 cm³/mol. The number of benzene rings is 2. The molecule has 0 spiro atoms. The number of aryl methyl sites for hydroxylation is 1. The van der Waals surface area contributed by atoms with Crippen molar-refractivity contribution in [3.05, 3.63) is 70.5 Å². The van der Waals surface area contributed by atoms with Gasteiger partial charge in [-0.2, -0.15) is 5.10 Å². The van der Waals surface area contributed by atoms with Gasteiger partial charge in [-0.15, -0.1) is 0 Å². The average Bonchev–Trinajstić information content (AvgIpc) is 2.91. The molecule has 0 unspecified atom stereocenters. The minimum absolute atomic E-state index is 0.0141. The van der Waals surface area contributed by atoms with E-state index in [0.29, 0.717) is 6.54 Å². The van der Waals surface area contributed by atoms with Gasteiger partial charge in [-0.25, -0.2) is 0 Å². The lowest BCUT2D eigenvalue weighted by molar-refractivity contribution is -0.119. The van der Waals surface area contributed by atoms with Crippen LogP contribution in [0.5, 0.6) is 0 Å². The zero-order chi connectivity index (χ0) is 19.4. The van der Waals surface area contributed by atoms with E-state index in [9.17, 15) is 4.79 Å². The number of nitrogens with zero attached hydrogens (tertiary/aromatic N) is 2. The SMILES string of the molecule is Cc1nn(C[C@H](C)C(=O)Nc2ccccc2Sc2ccccc2)c(C)c1Br. The molecule has 6 heteroatoms. The number of hydrogen-bond donors (Lipinski definition) is 1. The summed E-state index contributed by atoms with van der Waals surface area (Å²) < 4.78 is 2.88. The summed E-state index contributed by atoms with van der Waals surface area (Å²) in [5.74, 6) is -0.218. The molecule has 1 N–H and O–H groups in total. The molecule has 0 saturated heterocycles. The molecule has 0 saturated carbocycles. The number of halogens is 1. The molecule has 0 aliphatic carbocycles. The third kappa shape index (κ3) is 4.82. The summed E-state index contributed by atoms with van der Waals surface area (Å²) in [4.78, 5) is 14.9. The minimum Gasteiger partial charge on any atom is -0.325 e. The predicted octanol–water partition coefficient (Wildman–Crippen LogP) is 5.69. The van der Waals surface area contributed by atoms with Crippen molar-refractivity contribution in [2.24, 2.45) is 5.92 Å². The lowest BCUT2D eigenvalue weighted by atomic mass is 10.1. The molecule has 140 valence electrons. The molecule has 1 aromatic heterocycles. The second kappa shape index (κ2) is 8.76. The Kier molecular flexibility index (Phi) is 6.39. The first-order valence-corrected chi connectivity index (χ1v) is 10.4. The van der Waals surface area contributed by atoms with E-state index in [1.165, 1.54) is 0 Å². The first-order valence-electron chi connectivity index (χ1n) is 8.78. The van der Waals surface area contributed by atoms with E-state index in [1.54, 1.807) is 11.8 Å². The summed E-state index contributed by atoms with van der Waals surface area (Å²) in [6.07, 6.45) is 0. The van der Waals surface area contributed by atoms with E-state index in [-0.39, 0.29) is 11.8 Å². The third-order valence-electron chi connectivity index (χ3n) is 4.30. The highest BCUT2D eigenvalue weighted by molar-refractivity contribution is 9.10. The van der Waals surface area contributed by atoms with Crippen molar-refractivity contribution < 1.29 is 4.79 Å². The van der Waals surface area contributed by atoms with Crippen LogP contribution in [0.4, 0.5) is 5.69 Å². The molecule has 1 atom stereocenters. The molecular weight excluding hydrogens is 422 g/mol. The average molecular weight is 444 g/mol. The number of aromatic nitrogens is 2. The Morgan fingerprint density at radius 1 is 1.15 bits per heavy atom. The Morgan fingerprint density at radius 2 is 1.81 bits per heavy atom. The molecule has 1 heterocycles. The van der Waals surface area contributed by atoms with Crippen LogP contribution in [0.25, 0.3) is 0 Å². The van der Waals surface area contributed by atoms with Gasteiger partial charge in [-0.3, -0.25) is 9.48 Å². The fourth-order valence-corrected chi connectivity index (χ4v) is 3.93. The summed E-state index contributed by atoms with van der Waals surface area (Å²) in [6.45, 7) is 6.42. The van der Waals surface area contributed by atoms with Gasteiger partial charge in [0.25, 0.3) is 0 Å². The maximum Gasteiger partial charge on any atom is 0.229 e. The van der Waals surface area contributed by atoms with Gasteiger partial charge < -0.3 is 5.32 Å². The summed E-state index contributed by atoms with van der Waals surface area (Å²) in [5, 5.41) is 7.58. The normalized spacial score (nSPS) is 12.0. The summed E-state index contributed by atoms with van der Waals surface area (Å²) in [6, 6.07) is 18.0. The zero-order valence-electron chi connectivity index (χ0n) is 15.6. The molecule has 0 fully saturated rings. The van der Waals surface area contributed by atoms with Crippen molar-refractivity contribution in [1.82, 2.24) is 9.78 Å². The van der Waals surface area contributed by atoms with Crippen LogP contribution in [0, 0.1) is 19.8 Å². The Morgan fingerprint density at radius 3 is 2.48 bits per heavy atom. The Hall–Kier alpha value is -2.05. The maximum absolute atomic E-state index is 12.8. The van der Waals surface area contributed by atoms with Crippen LogP contribution in [0.2, 0.25) is 0 Å². The smallest absolute Gasteiger partial charge is 0.229 e. The lowest BCUT2D eigenvalue weighted by Crippen LogP contribution is -2.25. The van der Waals surface area contributed by atoms with Crippen LogP contribution in [-0.2, 0) is 11.3 Å². The fourth-order valence-electron chi connectivity index (χ4n) is 2.73. The highest BCUT2D eigenvalue weighted by Gasteiger charge is 2.18. The van der Waals surface area contributed by atoms with Crippen LogP contribution < -0.4 is 5.32 Å². The van der Waals surface area contributed by atoms with Crippen LogP contribution >= 0.6 is 27.7 Å². The number of hydrogen-bond acceptors (Lipinski definition) is 3. The molecule has 0 bridgehead atoms. The van der Waals surface area contributed by atoms with E-state index in [1.807, 2.05) is 67.9 Å². The van der Waals surface area contributed by atoms with E-state index in [0.717, 1.165) is 31.3 Å². The highest BCUT2D eigenvalue weighted by atomic mass is 79.9. The maximum atomic E-state index is 12.8. The molecule has 4 nitrogen and oxygen atoms in total. The number of para-hydroxylation sites is 1. The van der Waals surface area contributed by atoms with E-state index in [2.05, 4.69) is 38.5 Å². The van der Waals surface area contributed by atoms with Crippen molar-refractivity contribution in [3.8, 4) is 0 Å².